The zero-order valence-corrected chi connectivity index (χ0v) is 10.3. The van der Waals surface area contributed by atoms with Gasteiger partial charge in [-0.3, -0.25) is 10.2 Å². The number of unbranched alkanes of at least 4 members (excludes halogenated alkanes) is 2. The molecular weight excluding hydrogens is 235 g/mol. The van der Waals surface area contributed by atoms with Crippen LogP contribution >= 0.6 is 0 Å². The summed E-state index contributed by atoms with van der Waals surface area (Å²) in [6, 6.07) is 6.57. The summed E-state index contributed by atoms with van der Waals surface area (Å²) in [5.74, 6) is 4.56. The number of hydrogen-bond donors (Lipinski definition) is 2. The van der Waals surface area contributed by atoms with Crippen LogP contribution in [0.3, 0.4) is 0 Å². The molecule has 4 nitrogen and oxygen atoms in total. The van der Waals surface area contributed by atoms with Gasteiger partial charge in [-0.05, 0) is 18.9 Å². The predicted octanol–water partition coefficient (Wildman–Crippen LogP) is 1.89. The maximum absolute atomic E-state index is 13.2. The molecule has 0 spiro atoms. The molecule has 0 saturated carbocycles. The van der Waals surface area contributed by atoms with Gasteiger partial charge < -0.3 is 4.74 Å². The molecule has 18 heavy (non-hydrogen) atoms. The quantitative estimate of drug-likeness (QED) is 0.322. The van der Waals surface area contributed by atoms with Gasteiger partial charge in [0, 0.05) is 18.6 Å². The van der Waals surface area contributed by atoms with E-state index in [2.05, 4.69) is 5.43 Å². The fourth-order valence-corrected chi connectivity index (χ4v) is 1.54. The highest BCUT2D eigenvalue weighted by molar-refractivity contribution is 5.74. The maximum Gasteiger partial charge on any atom is 0.233 e. The van der Waals surface area contributed by atoms with E-state index in [0.717, 1.165) is 19.3 Å². The Kier molecular flexibility index (Phi) is 6.98. The van der Waals surface area contributed by atoms with Crippen molar-refractivity contribution >= 4 is 5.91 Å². The topological polar surface area (TPSA) is 64.3 Å². The van der Waals surface area contributed by atoms with Gasteiger partial charge in [0.15, 0.2) is 0 Å². The lowest BCUT2D eigenvalue weighted by Gasteiger charge is -2.05. The fourth-order valence-electron chi connectivity index (χ4n) is 1.54. The van der Waals surface area contributed by atoms with Crippen molar-refractivity contribution in [2.24, 2.45) is 5.84 Å². The Hall–Kier alpha value is -1.46. The predicted molar refractivity (Wildman–Crippen MR) is 66.9 cm³/mol. The van der Waals surface area contributed by atoms with Crippen molar-refractivity contribution in [2.45, 2.75) is 32.3 Å². The van der Waals surface area contributed by atoms with Gasteiger partial charge in [0.1, 0.15) is 5.82 Å². The van der Waals surface area contributed by atoms with Crippen LogP contribution in [-0.4, -0.2) is 12.5 Å². The number of amides is 1. The van der Waals surface area contributed by atoms with Gasteiger partial charge >= 0.3 is 0 Å². The molecule has 0 aliphatic rings. The van der Waals surface area contributed by atoms with Crippen molar-refractivity contribution in [3.05, 3.63) is 35.6 Å². The van der Waals surface area contributed by atoms with Crippen molar-refractivity contribution in [3.8, 4) is 0 Å². The second-order valence-electron chi connectivity index (χ2n) is 4.02. The van der Waals surface area contributed by atoms with Gasteiger partial charge in [0.25, 0.3) is 0 Å². The molecule has 1 aromatic carbocycles. The summed E-state index contributed by atoms with van der Waals surface area (Å²) in [7, 11) is 0. The standard InChI is InChI=1S/C13H19FN2O2/c14-12-7-4-3-6-11(12)10-18-9-5-1-2-8-13(17)16-15/h3-4,6-7H,1-2,5,8-10,15H2,(H,16,17). The Balaban J connectivity index is 2.02. The smallest absolute Gasteiger partial charge is 0.233 e. The van der Waals surface area contributed by atoms with Crippen molar-refractivity contribution < 1.29 is 13.9 Å². The molecule has 0 fully saturated rings. The van der Waals surface area contributed by atoms with Crippen molar-refractivity contribution in [3.63, 3.8) is 0 Å². The largest absolute Gasteiger partial charge is 0.377 e. The van der Waals surface area contributed by atoms with Crippen LogP contribution in [0.25, 0.3) is 0 Å². The maximum atomic E-state index is 13.2. The molecule has 100 valence electrons. The SMILES string of the molecule is NNC(=O)CCCCCOCc1ccccc1F. The molecule has 0 heterocycles. The van der Waals surface area contributed by atoms with Crippen LogP contribution in [-0.2, 0) is 16.1 Å². The average molecular weight is 254 g/mol. The number of ether oxygens (including phenoxy) is 1. The highest BCUT2D eigenvalue weighted by Gasteiger charge is 2.00. The van der Waals surface area contributed by atoms with E-state index in [-0.39, 0.29) is 18.3 Å². The average Bonchev–Trinajstić information content (AvgIpc) is 2.39. The lowest BCUT2D eigenvalue weighted by atomic mass is 10.2. The number of nitrogens with two attached hydrogens (primary N) is 1. The number of rotatable bonds is 8. The summed E-state index contributed by atoms with van der Waals surface area (Å²) in [5, 5.41) is 0. The van der Waals surface area contributed by atoms with E-state index in [1.807, 2.05) is 0 Å². The summed E-state index contributed by atoms with van der Waals surface area (Å²) in [4.78, 5) is 10.8. The Morgan fingerprint density at radius 2 is 2.06 bits per heavy atom. The zero-order chi connectivity index (χ0) is 13.2. The molecule has 0 atom stereocenters. The summed E-state index contributed by atoms with van der Waals surface area (Å²) in [6.45, 7) is 0.856. The molecule has 0 unspecified atom stereocenters. The third-order valence-electron chi connectivity index (χ3n) is 2.57. The number of hydrazine groups is 1. The molecule has 0 aliphatic carbocycles. The normalized spacial score (nSPS) is 10.3. The minimum absolute atomic E-state index is 0.151. The monoisotopic (exact) mass is 254 g/mol. The molecule has 0 saturated heterocycles. The molecule has 1 aromatic rings. The van der Waals surface area contributed by atoms with Gasteiger partial charge in [-0.15, -0.1) is 0 Å². The third kappa shape index (κ3) is 5.75. The molecule has 0 aromatic heterocycles. The number of carbonyl (C=O) groups is 1. The van der Waals surface area contributed by atoms with Gasteiger partial charge in [-0.25, -0.2) is 10.2 Å². The Labute approximate surface area is 106 Å². The molecular formula is C13H19FN2O2. The van der Waals surface area contributed by atoms with Crippen LogP contribution in [0, 0.1) is 5.82 Å². The molecule has 0 bridgehead atoms. The molecule has 5 heteroatoms. The van der Waals surface area contributed by atoms with Gasteiger partial charge in [0.05, 0.1) is 6.61 Å². The van der Waals surface area contributed by atoms with E-state index in [9.17, 15) is 9.18 Å². The van der Waals surface area contributed by atoms with Crippen LogP contribution in [0.15, 0.2) is 24.3 Å². The Morgan fingerprint density at radius 3 is 2.78 bits per heavy atom. The first-order valence-corrected chi connectivity index (χ1v) is 6.04. The van der Waals surface area contributed by atoms with Gasteiger partial charge in [0.2, 0.25) is 5.91 Å². The highest BCUT2D eigenvalue weighted by Crippen LogP contribution is 2.08. The second-order valence-corrected chi connectivity index (χ2v) is 4.02. The van der Waals surface area contributed by atoms with Crippen LogP contribution in [0.4, 0.5) is 4.39 Å². The number of benzene rings is 1. The summed E-state index contributed by atoms with van der Waals surface area (Å²) in [6.07, 6.45) is 2.97. The summed E-state index contributed by atoms with van der Waals surface area (Å²) < 4.78 is 18.6. The van der Waals surface area contributed by atoms with Crippen molar-refractivity contribution in [1.29, 1.82) is 0 Å². The minimum Gasteiger partial charge on any atom is -0.377 e. The molecule has 0 aliphatic heterocycles. The van der Waals surface area contributed by atoms with E-state index in [0.29, 0.717) is 18.6 Å². The first-order chi connectivity index (χ1) is 8.74. The van der Waals surface area contributed by atoms with E-state index in [4.69, 9.17) is 10.6 Å². The van der Waals surface area contributed by atoms with Crippen LogP contribution in [0.5, 0.6) is 0 Å². The van der Waals surface area contributed by atoms with Crippen LogP contribution < -0.4 is 11.3 Å². The number of halogens is 1. The summed E-state index contributed by atoms with van der Waals surface area (Å²) in [5.41, 5.74) is 2.65. The highest BCUT2D eigenvalue weighted by atomic mass is 19.1. The fraction of sp³-hybridized carbons (Fsp3) is 0.462. The van der Waals surface area contributed by atoms with Gasteiger partial charge in [-0.2, -0.15) is 0 Å². The third-order valence-corrected chi connectivity index (χ3v) is 2.57. The number of nitrogens with one attached hydrogen (secondary N) is 1. The number of carbonyl (C=O) groups excluding carboxylic acids is 1. The van der Waals surface area contributed by atoms with E-state index >= 15 is 0 Å². The first kappa shape index (κ1) is 14.6. The minimum atomic E-state index is -0.239. The van der Waals surface area contributed by atoms with E-state index in [1.54, 1.807) is 18.2 Å². The van der Waals surface area contributed by atoms with Crippen molar-refractivity contribution in [1.82, 2.24) is 5.43 Å². The second kappa shape index (κ2) is 8.60. The van der Waals surface area contributed by atoms with Crippen molar-refractivity contribution in [2.75, 3.05) is 6.61 Å². The molecule has 1 rings (SSSR count). The van der Waals surface area contributed by atoms with E-state index < -0.39 is 0 Å². The Morgan fingerprint density at radius 1 is 1.28 bits per heavy atom. The first-order valence-electron chi connectivity index (χ1n) is 6.04. The Bertz CT molecular complexity index is 372. The lowest BCUT2D eigenvalue weighted by Crippen LogP contribution is -2.29. The summed E-state index contributed by atoms with van der Waals surface area (Å²) >= 11 is 0. The van der Waals surface area contributed by atoms with E-state index in [1.165, 1.54) is 6.07 Å². The van der Waals surface area contributed by atoms with Crippen LogP contribution in [0.2, 0.25) is 0 Å². The van der Waals surface area contributed by atoms with Crippen LogP contribution in [0.1, 0.15) is 31.2 Å². The number of hydrogen-bond acceptors (Lipinski definition) is 3. The molecule has 1 amide bonds. The lowest BCUT2D eigenvalue weighted by molar-refractivity contribution is -0.121. The molecule has 3 N–H and O–H groups in total. The molecule has 0 radical (unpaired) electrons. The zero-order valence-electron chi connectivity index (χ0n) is 10.3. The van der Waals surface area contributed by atoms with Gasteiger partial charge in [-0.1, -0.05) is 24.6 Å².